The molecule has 128 valence electrons. The van der Waals surface area contributed by atoms with E-state index in [0.29, 0.717) is 18.8 Å². The largest absolute Gasteiger partial charge is 0.321 e. The van der Waals surface area contributed by atoms with E-state index in [1.165, 1.54) is 10.4 Å². The molecule has 1 amide bonds. The number of rotatable bonds is 4. The first kappa shape index (κ1) is 17.1. The van der Waals surface area contributed by atoms with Gasteiger partial charge >= 0.3 is 0 Å². The van der Waals surface area contributed by atoms with Crippen molar-refractivity contribution in [3.8, 4) is 0 Å². The van der Waals surface area contributed by atoms with Gasteiger partial charge in [0.15, 0.2) is 0 Å². The molecule has 0 unspecified atom stereocenters. The molecule has 0 aliphatic carbocycles. The van der Waals surface area contributed by atoms with Crippen LogP contribution in [0.2, 0.25) is 0 Å². The molecule has 2 aromatic rings. The topological polar surface area (TPSA) is 66.5 Å². The number of anilines is 1. The summed E-state index contributed by atoms with van der Waals surface area (Å²) >= 11 is 1.16. The fourth-order valence-corrected chi connectivity index (χ4v) is 5.62. The highest BCUT2D eigenvalue weighted by Crippen LogP contribution is 2.28. The van der Waals surface area contributed by atoms with Gasteiger partial charge in [0.2, 0.25) is 10.0 Å². The van der Waals surface area contributed by atoms with E-state index in [4.69, 9.17) is 0 Å². The van der Waals surface area contributed by atoms with Crippen molar-refractivity contribution in [1.29, 1.82) is 0 Å². The lowest BCUT2D eigenvalue weighted by molar-refractivity contribution is 0.102. The number of nitrogens with one attached hydrogen (secondary N) is 1. The number of carbonyl (C=O) groups is 1. The van der Waals surface area contributed by atoms with E-state index in [9.17, 15) is 13.2 Å². The summed E-state index contributed by atoms with van der Waals surface area (Å²) in [6.07, 6.45) is 2.79. The van der Waals surface area contributed by atoms with Crippen LogP contribution in [-0.2, 0) is 10.0 Å². The van der Waals surface area contributed by atoms with E-state index in [1.54, 1.807) is 11.4 Å². The van der Waals surface area contributed by atoms with Crippen LogP contribution in [0.3, 0.4) is 0 Å². The van der Waals surface area contributed by atoms with Gasteiger partial charge in [-0.2, -0.15) is 4.31 Å². The Balaban J connectivity index is 1.87. The molecule has 0 spiro atoms. The quantitative estimate of drug-likeness (QED) is 0.903. The maximum absolute atomic E-state index is 12.8. The maximum atomic E-state index is 12.8. The number of hydrogen-bond donors (Lipinski definition) is 1. The molecule has 0 atom stereocenters. The Kier molecular flexibility index (Phi) is 5.03. The molecule has 7 heteroatoms. The number of hydrogen-bond acceptors (Lipinski definition) is 4. The summed E-state index contributed by atoms with van der Waals surface area (Å²) in [6.45, 7) is 2.95. The summed E-state index contributed by atoms with van der Waals surface area (Å²) in [4.78, 5) is 12.9. The van der Waals surface area contributed by atoms with Crippen LogP contribution in [0.25, 0.3) is 0 Å². The molecule has 3 rings (SSSR count). The lowest BCUT2D eigenvalue weighted by atomic mass is 10.2. The summed E-state index contributed by atoms with van der Waals surface area (Å²) in [6, 6.07) is 8.96. The highest BCUT2D eigenvalue weighted by molar-refractivity contribution is 7.89. The number of amides is 1. The standard InChI is InChI=1S/C17H20N2O3S2/c1-13-7-3-4-8-14(13)18-17(20)16-15(9-12-23-16)24(21,22)19-10-5-2-6-11-19/h3-4,7-9,12H,2,5-6,10-11H2,1H3,(H,18,20). The molecule has 24 heavy (non-hydrogen) atoms. The summed E-state index contributed by atoms with van der Waals surface area (Å²) < 4.78 is 27.2. The second-order valence-electron chi connectivity index (χ2n) is 5.85. The molecule has 1 aromatic heterocycles. The molecule has 1 aliphatic heterocycles. The van der Waals surface area contributed by atoms with Crippen molar-refractivity contribution in [2.75, 3.05) is 18.4 Å². The Morgan fingerprint density at radius 3 is 2.54 bits per heavy atom. The van der Waals surface area contributed by atoms with Crippen molar-refractivity contribution in [2.45, 2.75) is 31.1 Å². The van der Waals surface area contributed by atoms with Crippen molar-refractivity contribution in [3.05, 3.63) is 46.2 Å². The second-order valence-corrected chi connectivity index (χ2v) is 8.67. The number of nitrogens with zero attached hydrogens (tertiary/aromatic N) is 1. The number of carbonyl (C=O) groups excluding carboxylic acids is 1. The minimum Gasteiger partial charge on any atom is -0.321 e. The minimum absolute atomic E-state index is 0.112. The lowest BCUT2D eigenvalue weighted by Gasteiger charge is -2.25. The molecule has 1 fully saturated rings. The number of aryl methyl sites for hydroxylation is 1. The normalized spacial score (nSPS) is 16.0. The molecule has 1 aromatic carbocycles. The van der Waals surface area contributed by atoms with E-state index >= 15 is 0 Å². The fourth-order valence-electron chi connectivity index (χ4n) is 2.80. The van der Waals surface area contributed by atoms with Crippen molar-refractivity contribution in [3.63, 3.8) is 0 Å². The van der Waals surface area contributed by atoms with Crippen molar-refractivity contribution < 1.29 is 13.2 Å². The minimum atomic E-state index is -3.61. The molecule has 1 aliphatic rings. The molecule has 1 saturated heterocycles. The van der Waals surface area contributed by atoms with Crippen LogP contribution in [0.15, 0.2) is 40.6 Å². The second kappa shape index (κ2) is 7.04. The van der Waals surface area contributed by atoms with Crippen LogP contribution in [0.1, 0.15) is 34.5 Å². The molecule has 2 heterocycles. The SMILES string of the molecule is Cc1ccccc1NC(=O)c1sccc1S(=O)(=O)N1CCCCC1. The predicted octanol–water partition coefficient (Wildman–Crippen LogP) is 3.48. The molecular weight excluding hydrogens is 344 g/mol. The Bertz CT molecular complexity index is 837. The average Bonchev–Trinajstić information content (AvgIpc) is 3.08. The van der Waals surface area contributed by atoms with Gasteiger partial charge in [0.1, 0.15) is 9.77 Å². The van der Waals surface area contributed by atoms with E-state index in [2.05, 4.69) is 5.32 Å². The van der Waals surface area contributed by atoms with Crippen molar-refractivity contribution in [1.82, 2.24) is 4.31 Å². The van der Waals surface area contributed by atoms with Gasteiger partial charge in [-0.3, -0.25) is 4.79 Å². The fraction of sp³-hybridized carbons (Fsp3) is 0.353. The zero-order chi connectivity index (χ0) is 17.2. The number of piperidine rings is 1. The number of sulfonamides is 1. The van der Waals surface area contributed by atoms with Crippen LogP contribution in [-0.4, -0.2) is 31.7 Å². The Labute approximate surface area is 146 Å². The number of thiophene rings is 1. The van der Waals surface area contributed by atoms with Crippen LogP contribution in [0.4, 0.5) is 5.69 Å². The van der Waals surface area contributed by atoms with Gasteiger partial charge in [0.05, 0.1) is 0 Å². The van der Waals surface area contributed by atoms with E-state index in [0.717, 1.165) is 36.2 Å². The first-order valence-electron chi connectivity index (χ1n) is 7.95. The van der Waals surface area contributed by atoms with Gasteiger partial charge in [0, 0.05) is 18.8 Å². The van der Waals surface area contributed by atoms with Gasteiger partial charge < -0.3 is 5.32 Å². The zero-order valence-electron chi connectivity index (χ0n) is 13.5. The average molecular weight is 364 g/mol. The third kappa shape index (κ3) is 3.38. The smallest absolute Gasteiger partial charge is 0.267 e. The molecule has 1 N–H and O–H groups in total. The predicted molar refractivity (Wildman–Crippen MR) is 96.1 cm³/mol. The van der Waals surface area contributed by atoms with E-state index in [-0.39, 0.29) is 15.7 Å². The monoisotopic (exact) mass is 364 g/mol. The van der Waals surface area contributed by atoms with Crippen LogP contribution in [0, 0.1) is 6.92 Å². The maximum Gasteiger partial charge on any atom is 0.267 e. The molecule has 0 radical (unpaired) electrons. The van der Waals surface area contributed by atoms with Crippen molar-refractivity contribution >= 4 is 33.0 Å². The number of benzene rings is 1. The first-order valence-corrected chi connectivity index (χ1v) is 10.3. The third-order valence-electron chi connectivity index (χ3n) is 4.16. The lowest BCUT2D eigenvalue weighted by Crippen LogP contribution is -2.36. The molecule has 0 bridgehead atoms. The van der Waals surface area contributed by atoms with Gasteiger partial charge in [-0.25, -0.2) is 8.42 Å². The van der Waals surface area contributed by atoms with E-state index in [1.807, 2.05) is 25.1 Å². The summed E-state index contributed by atoms with van der Waals surface area (Å²) in [5.41, 5.74) is 1.63. The molecule has 5 nitrogen and oxygen atoms in total. The van der Waals surface area contributed by atoms with Gasteiger partial charge in [-0.15, -0.1) is 11.3 Å². The molecule has 0 saturated carbocycles. The molecular formula is C17H20N2O3S2. The van der Waals surface area contributed by atoms with Gasteiger partial charge in [-0.1, -0.05) is 24.6 Å². The summed E-state index contributed by atoms with van der Waals surface area (Å²) in [5.74, 6) is -0.380. The van der Waals surface area contributed by atoms with Crippen LogP contribution >= 0.6 is 11.3 Å². The van der Waals surface area contributed by atoms with Gasteiger partial charge in [0.25, 0.3) is 5.91 Å². The van der Waals surface area contributed by atoms with Gasteiger partial charge in [-0.05, 0) is 42.8 Å². The Hall–Kier alpha value is -1.70. The van der Waals surface area contributed by atoms with Crippen molar-refractivity contribution in [2.24, 2.45) is 0 Å². The summed E-state index contributed by atoms with van der Waals surface area (Å²) in [5, 5.41) is 4.47. The summed E-state index contributed by atoms with van der Waals surface area (Å²) in [7, 11) is -3.61. The Morgan fingerprint density at radius 1 is 1.12 bits per heavy atom. The number of para-hydroxylation sites is 1. The zero-order valence-corrected chi connectivity index (χ0v) is 15.1. The van der Waals surface area contributed by atoms with Crippen LogP contribution < -0.4 is 5.32 Å². The van der Waals surface area contributed by atoms with E-state index < -0.39 is 10.0 Å². The Morgan fingerprint density at radius 2 is 1.83 bits per heavy atom. The highest BCUT2D eigenvalue weighted by Gasteiger charge is 2.31. The highest BCUT2D eigenvalue weighted by atomic mass is 32.2. The third-order valence-corrected chi connectivity index (χ3v) is 7.14. The first-order chi connectivity index (χ1) is 11.5. The van der Waals surface area contributed by atoms with Crippen LogP contribution in [0.5, 0.6) is 0 Å².